The number of non-ortho nitro benzene ring substituents is 2. The first-order valence-electron chi connectivity index (χ1n) is 10.6. The summed E-state index contributed by atoms with van der Waals surface area (Å²) in [6, 6.07) is 8.17. The van der Waals surface area contributed by atoms with Crippen molar-refractivity contribution in [1.82, 2.24) is 0 Å². The summed E-state index contributed by atoms with van der Waals surface area (Å²) in [5.74, 6) is 0. The van der Waals surface area contributed by atoms with Gasteiger partial charge < -0.3 is 20.4 Å². The average molecular weight is 440 g/mol. The molecule has 11 heteroatoms. The maximum atomic E-state index is 12.9. The van der Waals surface area contributed by atoms with E-state index in [-0.39, 0.29) is 11.4 Å². The maximum absolute atomic E-state index is 12.9. The highest BCUT2D eigenvalue weighted by Gasteiger charge is 2.22. The van der Waals surface area contributed by atoms with Gasteiger partial charge in [-0.05, 0) is 37.8 Å². The van der Waals surface area contributed by atoms with Crippen LogP contribution < -0.4 is 20.4 Å². The molecule has 0 radical (unpaired) electrons. The Morgan fingerprint density at radius 1 is 0.719 bits per heavy atom. The molecule has 0 aromatic heterocycles. The number of carbonyl (C=O) groups excluding carboxylic acids is 1. The third kappa shape index (κ3) is 4.56. The molecule has 2 aliphatic heterocycles. The van der Waals surface area contributed by atoms with Crippen LogP contribution in [0.15, 0.2) is 36.4 Å². The molecule has 32 heavy (non-hydrogen) atoms. The molecule has 0 aliphatic carbocycles. The fourth-order valence-electron chi connectivity index (χ4n) is 4.22. The first kappa shape index (κ1) is 21.3. The standard InChI is InChI=1S/C21H24N6O5/c28-21(22-17-13-15(26(29)30)5-7-19(17)24-9-1-2-10-24)23-18-14-16(27(31)32)6-8-20(18)25-11-3-4-12-25/h5-8,13-14H,1-4,9-12H2,(H2,22,23,28). The van der Waals surface area contributed by atoms with Crippen molar-refractivity contribution >= 4 is 40.2 Å². The van der Waals surface area contributed by atoms with Crippen LogP contribution in [0.5, 0.6) is 0 Å². The molecule has 2 saturated heterocycles. The van der Waals surface area contributed by atoms with Crippen LogP contribution in [0.3, 0.4) is 0 Å². The number of nitro groups is 2. The third-order valence-electron chi connectivity index (χ3n) is 5.77. The van der Waals surface area contributed by atoms with Crippen LogP contribution in [0.25, 0.3) is 0 Å². The maximum Gasteiger partial charge on any atom is 0.323 e. The van der Waals surface area contributed by atoms with E-state index in [9.17, 15) is 25.0 Å². The number of nitrogens with zero attached hydrogens (tertiary/aromatic N) is 4. The SMILES string of the molecule is O=C(Nc1cc([N+](=O)[O-])ccc1N1CCCC1)Nc1cc([N+](=O)[O-])ccc1N1CCCC1. The van der Waals surface area contributed by atoms with E-state index in [1.807, 2.05) is 0 Å². The summed E-state index contributed by atoms with van der Waals surface area (Å²) in [6.45, 7) is 3.21. The number of anilines is 4. The van der Waals surface area contributed by atoms with E-state index >= 15 is 0 Å². The van der Waals surface area contributed by atoms with E-state index in [1.165, 1.54) is 24.3 Å². The molecule has 4 rings (SSSR count). The van der Waals surface area contributed by atoms with Crippen molar-refractivity contribution < 1.29 is 14.6 Å². The van der Waals surface area contributed by atoms with Gasteiger partial charge >= 0.3 is 6.03 Å². The molecule has 0 atom stereocenters. The number of nitrogens with one attached hydrogen (secondary N) is 2. The Hall–Kier alpha value is -3.89. The minimum absolute atomic E-state index is 0.128. The minimum atomic E-state index is -0.619. The first-order valence-corrected chi connectivity index (χ1v) is 10.6. The number of carbonyl (C=O) groups is 1. The first-order chi connectivity index (χ1) is 15.4. The van der Waals surface area contributed by atoms with Crippen LogP contribution >= 0.6 is 0 Å². The number of nitro benzene ring substituents is 2. The van der Waals surface area contributed by atoms with Crippen molar-refractivity contribution in [2.75, 3.05) is 46.6 Å². The van der Waals surface area contributed by atoms with Gasteiger partial charge in [-0.25, -0.2) is 4.79 Å². The molecular formula is C21H24N6O5. The van der Waals surface area contributed by atoms with Crippen molar-refractivity contribution in [1.29, 1.82) is 0 Å². The van der Waals surface area contributed by atoms with Crippen LogP contribution in [0.1, 0.15) is 25.7 Å². The highest BCUT2D eigenvalue weighted by Crippen LogP contribution is 2.34. The zero-order chi connectivity index (χ0) is 22.7. The molecule has 2 heterocycles. The van der Waals surface area contributed by atoms with Gasteiger partial charge in [0.05, 0.1) is 32.6 Å². The van der Waals surface area contributed by atoms with Crippen molar-refractivity contribution in [3.63, 3.8) is 0 Å². The molecule has 0 unspecified atom stereocenters. The largest absolute Gasteiger partial charge is 0.370 e. The van der Waals surface area contributed by atoms with Gasteiger partial charge in [0.15, 0.2) is 0 Å². The number of amides is 2. The lowest BCUT2D eigenvalue weighted by atomic mass is 10.2. The second-order valence-corrected chi connectivity index (χ2v) is 7.88. The Bertz CT molecular complexity index is 965. The van der Waals surface area contributed by atoms with E-state index in [2.05, 4.69) is 20.4 Å². The summed E-state index contributed by atoms with van der Waals surface area (Å²) in [5, 5.41) is 27.9. The Balaban J connectivity index is 1.61. The van der Waals surface area contributed by atoms with Gasteiger partial charge in [0.2, 0.25) is 0 Å². The molecule has 0 saturated carbocycles. The summed E-state index contributed by atoms with van der Waals surface area (Å²) in [4.78, 5) is 38.5. The van der Waals surface area contributed by atoms with Gasteiger partial charge in [-0.2, -0.15) is 0 Å². The highest BCUT2D eigenvalue weighted by atomic mass is 16.6. The summed E-state index contributed by atoms with van der Waals surface area (Å²) < 4.78 is 0. The van der Waals surface area contributed by atoms with Gasteiger partial charge in [0.25, 0.3) is 11.4 Å². The zero-order valence-electron chi connectivity index (χ0n) is 17.5. The van der Waals surface area contributed by atoms with E-state index < -0.39 is 15.9 Å². The second-order valence-electron chi connectivity index (χ2n) is 7.88. The lowest BCUT2D eigenvalue weighted by molar-refractivity contribution is -0.385. The van der Waals surface area contributed by atoms with E-state index in [1.54, 1.807) is 12.1 Å². The van der Waals surface area contributed by atoms with E-state index in [0.29, 0.717) is 22.7 Å². The molecule has 11 nitrogen and oxygen atoms in total. The van der Waals surface area contributed by atoms with Crippen molar-refractivity contribution in [3.8, 4) is 0 Å². The average Bonchev–Trinajstić information content (AvgIpc) is 3.48. The highest BCUT2D eigenvalue weighted by molar-refractivity contribution is 6.04. The topological polar surface area (TPSA) is 134 Å². The minimum Gasteiger partial charge on any atom is -0.370 e. The quantitative estimate of drug-likeness (QED) is 0.504. The molecule has 2 aromatic carbocycles. The van der Waals surface area contributed by atoms with E-state index in [0.717, 1.165) is 51.9 Å². The van der Waals surface area contributed by atoms with Gasteiger partial charge in [-0.15, -0.1) is 0 Å². The van der Waals surface area contributed by atoms with Gasteiger partial charge in [-0.1, -0.05) is 0 Å². The zero-order valence-corrected chi connectivity index (χ0v) is 17.5. The molecule has 2 N–H and O–H groups in total. The number of hydrogen-bond acceptors (Lipinski definition) is 7. The van der Waals surface area contributed by atoms with E-state index in [4.69, 9.17) is 0 Å². The number of benzene rings is 2. The summed E-state index contributed by atoms with van der Waals surface area (Å²) in [7, 11) is 0. The summed E-state index contributed by atoms with van der Waals surface area (Å²) >= 11 is 0. The molecule has 0 bridgehead atoms. The van der Waals surface area contributed by atoms with Crippen LogP contribution in [0, 0.1) is 20.2 Å². The van der Waals surface area contributed by atoms with Gasteiger partial charge in [-0.3, -0.25) is 20.2 Å². The van der Waals surface area contributed by atoms with Gasteiger partial charge in [0.1, 0.15) is 0 Å². The molecule has 2 aromatic rings. The lowest BCUT2D eigenvalue weighted by Gasteiger charge is -2.23. The Morgan fingerprint density at radius 3 is 1.44 bits per heavy atom. The van der Waals surface area contributed by atoms with Crippen molar-refractivity contribution in [2.45, 2.75) is 25.7 Å². The van der Waals surface area contributed by atoms with Crippen LogP contribution in [-0.4, -0.2) is 42.1 Å². The normalized spacial score (nSPS) is 15.6. The van der Waals surface area contributed by atoms with Crippen LogP contribution in [0.2, 0.25) is 0 Å². The summed E-state index contributed by atoms with van der Waals surface area (Å²) in [5.41, 5.74) is 1.82. The predicted octanol–water partition coefficient (Wildman–Crippen LogP) is 4.35. The second kappa shape index (κ2) is 9.08. The van der Waals surface area contributed by atoms with Gasteiger partial charge in [0, 0.05) is 50.4 Å². The lowest BCUT2D eigenvalue weighted by Crippen LogP contribution is -2.25. The number of urea groups is 1. The number of rotatable bonds is 6. The molecule has 168 valence electrons. The Morgan fingerprint density at radius 2 is 1.09 bits per heavy atom. The smallest absolute Gasteiger partial charge is 0.323 e. The number of hydrogen-bond donors (Lipinski definition) is 2. The molecule has 2 fully saturated rings. The molecule has 2 aliphatic rings. The Kier molecular flexibility index (Phi) is 6.06. The fourth-order valence-corrected chi connectivity index (χ4v) is 4.22. The van der Waals surface area contributed by atoms with Crippen LogP contribution in [0.4, 0.5) is 38.9 Å². The molecular weight excluding hydrogens is 416 g/mol. The van der Waals surface area contributed by atoms with Crippen molar-refractivity contribution in [2.24, 2.45) is 0 Å². The predicted molar refractivity (Wildman–Crippen MR) is 122 cm³/mol. The van der Waals surface area contributed by atoms with Crippen LogP contribution in [-0.2, 0) is 0 Å². The molecule has 0 spiro atoms. The monoisotopic (exact) mass is 440 g/mol. The third-order valence-corrected chi connectivity index (χ3v) is 5.77. The fraction of sp³-hybridized carbons (Fsp3) is 0.381. The van der Waals surface area contributed by atoms with Crippen molar-refractivity contribution in [3.05, 3.63) is 56.6 Å². The Labute approximate surface area is 184 Å². The summed E-state index contributed by atoms with van der Waals surface area (Å²) in [6.07, 6.45) is 4.04. The molecule has 2 amide bonds.